The van der Waals surface area contributed by atoms with Gasteiger partial charge in [-0.3, -0.25) is 0 Å². The predicted octanol–water partition coefficient (Wildman–Crippen LogP) is 0.666. The van der Waals surface area contributed by atoms with Crippen molar-refractivity contribution in [2.45, 2.75) is 51.5 Å². The van der Waals surface area contributed by atoms with E-state index in [2.05, 4.69) is 4.74 Å². The number of hydrogen-bond acceptors (Lipinski definition) is 7. The van der Waals surface area contributed by atoms with Crippen LogP contribution in [0.4, 0.5) is 0 Å². The van der Waals surface area contributed by atoms with Crippen LogP contribution in [0.1, 0.15) is 27.7 Å². The van der Waals surface area contributed by atoms with Crippen molar-refractivity contribution in [3.63, 3.8) is 0 Å². The zero-order valence-electron chi connectivity index (χ0n) is 12.3. The fourth-order valence-corrected chi connectivity index (χ4v) is 2.24. The molecule has 0 saturated carbocycles. The average Bonchev–Trinajstić information content (AvgIpc) is 2.84. The SMILES string of the molecule is COC(=O)C1=C(C2OC(C)(C)OC2CO)OC(C)(C)O1. The molecule has 2 rings (SSSR count). The van der Waals surface area contributed by atoms with Gasteiger partial charge in [-0.2, -0.15) is 0 Å². The number of ether oxygens (including phenoxy) is 5. The lowest BCUT2D eigenvalue weighted by Gasteiger charge is -2.21. The van der Waals surface area contributed by atoms with E-state index in [9.17, 15) is 9.90 Å². The third-order valence-corrected chi connectivity index (χ3v) is 2.92. The zero-order chi connectivity index (χ0) is 15.1. The van der Waals surface area contributed by atoms with E-state index in [-0.39, 0.29) is 18.1 Å². The maximum Gasteiger partial charge on any atom is 0.377 e. The molecule has 0 amide bonds. The van der Waals surface area contributed by atoms with E-state index in [1.165, 1.54) is 7.11 Å². The van der Waals surface area contributed by atoms with Crippen LogP contribution in [0.5, 0.6) is 0 Å². The summed E-state index contributed by atoms with van der Waals surface area (Å²) in [5.74, 6) is -2.42. The van der Waals surface area contributed by atoms with E-state index in [1.54, 1.807) is 27.7 Å². The van der Waals surface area contributed by atoms with E-state index >= 15 is 0 Å². The second kappa shape index (κ2) is 4.91. The van der Waals surface area contributed by atoms with Gasteiger partial charge in [0, 0.05) is 13.8 Å². The van der Waals surface area contributed by atoms with Gasteiger partial charge in [-0.1, -0.05) is 0 Å². The van der Waals surface area contributed by atoms with Gasteiger partial charge in [-0.25, -0.2) is 4.79 Å². The van der Waals surface area contributed by atoms with Gasteiger partial charge in [0.2, 0.25) is 11.5 Å². The Kier molecular flexibility index (Phi) is 3.70. The van der Waals surface area contributed by atoms with Crippen LogP contribution in [-0.2, 0) is 28.5 Å². The van der Waals surface area contributed by atoms with E-state index in [0.29, 0.717) is 0 Å². The summed E-state index contributed by atoms with van der Waals surface area (Å²) >= 11 is 0. The highest BCUT2D eigenvalue weighted by atomic mass is 16.8. The highest BCUT2D eigenvalue weighted by molar-refractivity contribution is 5.87. The van der Waals surface area contributed by atoms with Crippen molar-refractivity contribution in [2.24, 2.45) is 0 Å². The number of esters is 1. The van der Waals surface area contributed by atoms with E-state index in [1.807, 2.05) is 0 Å². The number of rotatable bonds is 3. The number of aliphatic hydroxyl groups excluding tert-OH is 1. The van der Waals surface area contributed by atoms with Crippen molar-refractivity contribution in [3.05, 3.63) is 11.5 Å². The Labute approximate surface area is 117 Å². The summed E-state index contributed by atoms with van der Waals surface area (Å²) in [5.41, 5.74) is 0. The van der Waals surface area contributed by atoms with Crippen LogP contribution in [0.3, 0.4) is 0 Å². The minimum absolute atomic E-state index is 0.0535. The normalized spacial score (nSPS) is 30.9. The third kappa shape index (κ3) is 2.74. The molecule has 0 aromatic heterocycles. The van der Waals surface area contributed by atoms with Crippen molar-refractivity contribution in [1.29, 1.82) is 0 Å². The smallest absolute Gasteiger partial charge is 0.377 e. The summed E-state index contributed by atoms with van der Waals surface area (Å²) < 4.78 is 27.0. The lowest BCUT2D eigenvalue weighted by molar-refractivity contribution is -0.160. The molecule has 2 heterocycles. The van der Waals surface area contributed by atoms with Gasteiger partial charge in [-0.15, -0.1) is 0 Å². The molecule has 114 valence electrons. The molecular weight excluding hydrogens is 268 g/mol. The highest BCUT2D eigenvalue weighted by Crippen LogP contribution is 2.40. The molecule has 0 spiro atoms. The lowest BCUT2D eigenvalue weighted by Crippen LogP contribution is -2.31. The highest BCUT2D eigenvalue weighted by Gasteiger charge is 2.50. The largest absolute Gasteiger partial charge is 0.463 e. The Bertz CT molecular complexity index is 438. The third-order valence-electron chi connectivity index (χ3n) is 2.92. The Hall–Kier alpha value is -1.31. The van der Waals surface area contributed by atoms with Gasteiger partial charge in [0.25, 0.3) is 0 Å². The van der Waals surface area contributed by atoms with Gasteiger partial charge in [0.1, 0.15) is 6.10 Å². The topological polar surface area (TPSA) is 83.5 Å². The molecule has 2 aliphatic rings. The lowest BCUT2D eigenvalue weighted by atomic mass is 10.1. The summed E-state index contributed by atoms with van der Waals surface area (Å²) in [6.45, 7) is 6.50. The van der Waals surface area contributed by atoms with Gasteiger partial charge in [0.05, 0.1) is 13.7 Å². The Morgan fingerprint density at radius 3 is 2.40 bits per heavy atom. The number of carbonyl (C=O) groups excluding carboxylic acids is 1. The Morgan fingerprint density at radius 2 is 1.85 bits per heavy atom. The van der Waals surface area contributed by atoms with Crippen LogP contribution < -0.4 is 0 Å². The fraction of sp³-hybridized carbons (Fsp3) is 0.769. The van der Waals surface area contributed by atoms with E-state index in [0.717, 1.165) is 0 Å². The molecule has 2 unspecified atom stereocenters. The van der Waals surface area contributed by atoms with Crippen LogP contribution >= 0.6 is 0 Å². The van der Waals surface area contributed by atoms with Crippen LogP contribution in [0.2, 0.25) is 0 Å². The molecule has 1 fully saturated rings. The average molecular weight is 288 g/mol. The monoisotopic (exact) mass is 288 g/mol. The summed E-state index contributed by atoms with van der Waals surface area (Å²) in [4.78, 5) is 11.8. The summed E-state index contributed by atoms with van der Waals surface area (Å²) in [6, 6.07) is 0. The predicted molar refractivity (Wildman–Crippen MR) is 66.2 cm³/mol. The maximum atomic E-state index is 11.8. The van der Waals surface area contributed by atoms with Crippen molar-refractivity contribution < 1.29 is 33.6 Å². The molecule has 1 saturated heterocycles. The first kappa shape index (κ1) is 15.1. The molecule has 7 heteroatoms. The van der Waals surface area contributed by atoms with Crippen LogP contribution in [0, 0.1) is 0 Å². The van der Waals surface area contributed by atoms with Crippen molar-refractivity contribution in [3.8, 4) is 0 Å². The Morgan fingerprint density at radius 1 is 1.20 bits per heavy atom. The van der Waals surface area contributed by atoms with Gasteiger partial charge < -0.3 is 28.8 Å². The van der Waals surface area contributed by atoms with Crippen LogP contribution in [0.25, 0.3) is 0 Å². The second-order valence-corrected chi connectivity index (χ2v) is 5.57. The molecule has 2 atom stereocenters. The first-order valence-electron chi connectivity index (χ1n) is 6.36. The van der Waals surface area contributed by atoms with E-state index < -0.39 is 29.8 Å². The molecule has 2 aliphatic heterocycles. The number of methoxy groups -OCH3 is 1. The van der Waals surface area contributed by atoms with Gasteiger partial charge in [-0.05, 0) is 13.8 Å². The number of carbonyl (C=O) groups is 1. The quantitative estimate of drug-likeness (QED) is 0.764. The molecule has 20 heavy (non-hydrogen) atoms. The summed E-state index contributed by atoms with van der Waals surface area (Å²) in [5, 5.41) is 9.40. The second-order valence-electron chi connectivity index (χ2n) is 5.57. The van der Waals surface area contributed by atoms with Crippen molar-refractivity contribution in [1.82, 2.24) is 0 Å². The Balaban J connectivity index is 2.34. The van der Waals surface area contributed by atoms with E-state index in [4.69, 9.17) is 18.9 Å². The molecule has 7 nitrogen and oxygen atoms in total. The minimum Gasteiger partial charge on any atom is -0.463 e. The van der Waals surface area contributed by atoms with Gasteiger partial charge >= 0.3 is 5.97 Å². The number of aliphatic hydroxyl groups is 1. The molecule has 0 radical (unpaired) electrons. The van der Waals surface area contributed by atoms with Crippen LogP contribution in [0.15, 0.2) is 11.5 Å². The van der Waals surface area contributed by atoms with Crippen LogP contribution in [-0.4, -0.2) is 48.6 Å². The van der Waals surface area contributed by atoms with Gasteiger partial charge in [0.15, 0.2) is 17.7 Å². The maximum absolute atomic E-state index is 11.8. The standard InChI is InChI=1S/C13H20O7/c1-12(2)17-7(6-14)8(18-12)9-10(11(15)16-5)20-13(3,4)19-9/h7-8,14H,6H2,1-5H3. The molecular formula is C13H20O7. The van der Waals surface area contributed by atoms with Crippen molar-refractivity contribution >= 4 is 5.97 Å². The minimum atomic E-state index is -1.01. The first-order valence-corrected chi connectivity index (χ1v) is 6.36. The summed E-state index contributed by atoms with van der Waals surface area (Å²) in [7, 11) is 1.25. The molecule has 0 aromatic rings. The molecule has 0 bridgehead atoms. The fourth-order valence-electron chi connectivity index (χ4n) is 2.24. The first-order chi connectivity index (χ1) is 9.19. The summed E-state index contributed by atoms with van der Waals surface area (Å²) in [6.07, 6.45) is -1.37. The molecule has 0 aromatic carbocycles. The number of hydrogen-bond donors (Lipinski definition) is 1. The molecule has 0 aliphatic carbocycles. The van der Waals surface area contributed by atoms with Crippen molar-refractivity contribution in [2.75, 3.05) is 13.7 Å². The molecule has 1 N–H and O–H groups in total. The zero-order valence-corrected chi connectivity index (χ0v) is 12.3.